The Bertz CT molecular complexity index is 1350. The van der Waals surface area contributed by atoms with E-state index in [4.69, 9.17) is 9.47 Å². The highest BCUT2D eigenvalue weighted by molar-refractivity contribution is 5.93. The molecule has 0 aromatic heterocycles. The number of carbonyl (C=O) groups is 1. The van der Waals surface area contributed by atoms with Crippen molar-refractivity contribution >= 4 is 5.97 Å². The molecular formula is C26H19F7O3. The lowest BCUT2D eigenvalue weighted by molar-refractivity contribution is -0.227. The molecule has 0 radical (unpaired) electrons. The molecule has 190 valence electrons. The van der Waals surface area contributed by atoms with Crippen LogP contribution in [0.5, 0.6) is 11.5 Å². The van der Waals surface area contributed by atoms with Crippen LogP contribution in [0, 0.1) is 17.5 Å². The molecule has 4 rings (SSSR count). The van der Waals surface area contributed by atoms with E-state index in [1.807, 2.05) is 6.92 Å². The van der Waals surface area contributed by atoms with Crippen LogP contribution in [-0.2, 0) is 18.3 Å². The maximum Gasteiger partial charge on any atom is 0.346 e. The Morgan fingerprint density at radius 1 is 0.806 bits per heavy atom. The van der Waals surface area contributed by atoms with Gasteiger partial charge in [-0.25, -0.2) is 18.0 Å². The number of hydrogen-bond donors (Lipinski definition) is 0. The molecule has 0 fully saturated rings. The van der Waals surface area contributed by atoms with Gasteiger partial charge in [-0.3, -0.25) is 0 Å². The van der Waals surface area contributed by atoms with E-state index < -0.39 is 74.6 Å². The summed E-state index contributed by atoms with van der Waals surface area (Å²) in [5.41, 5.74) is -5.36. The standard InChI is InChI=1S/C26H19F7O3/c1-3-5-13-6-10-18(17(27)12-13)36-24(34)16-8-7-14-15-9-11-19(35-4-2)23(29)21(15)26(32,33)25(30,31)20(14)22(16)28/h6-12H,3-5H2,1-2H3. The van der Waals surface area contributed by atoms with Crippen LogP contribution in [-0.4, -0.2) is 12.6 Å². The average Bonchev–Trinajstić information content (AvgIpc) is 2.80. The van der Waals surface area contributed by atoms with Gasteiger partial charge in [0.2, 0.25) is 0 Å². The third kappa shape index (κ3) is 3.88. The Morgan fingerprint density at radius 3 is 1.97 bits per heavy atom. The highest BCUT2D eigenvalue weighted by atomic mass is 19.3. The van der Waals surface area contributed by atoms with E-state index in [9.17, 15) is 22.4 Å². The number of rotatable bonds is 6. The Labute approximate surface area is 201 Å². The Balaban J connectivity index is 1.81. The number of aryl methyl sites for hydroxylation is 1. The maximum atomic E-state index is 15.3. The molecule has 1 aliphatic rings. The molecule has 36 heavy (non-hydrogen) atoms. The van der Waals surface area contributed by atoms with E-state index in [2.05, 4.69) is 0 Å². The molecule has 0 saturated carbocycles. The van der Waals surface area contributed by atoms with Crippen LogP contribution >= 0.6 is 0 Å². The summed E-state index contributed by atoms with van der Waals surface area (Å²) in [5, 5.41) is 0. The Morgan fingerprint density at radius 2 is 1.39 bits per heavy atom. The van der Waals surface area contributed by atoms with Gasteiger partial charge in [0.05, 0.1) is 23.3 Å². The summed E-state index contributed by atoms with van der Waals surface area (Å²) in [6.07, 6.45) is 1.26. The number of benzene rings is 3. The van der Waals surface area contributed by atoms with E-state index in [1.165, 1.54) is 13.0 Å². The summed E-state index contributed by atoms with van der Waals surface area (Å²) in [7, 11) is 0. The van der Waals surface area contributed by atoms with Crippen LogP contribution in [0.2, 0.25) is 0 Å². The molecule has 0 atom stereocenters. The molecule has 0 saturated heterocycles. The molecular weight excluding hydrogens is 493 g/mol. The maximum absolute atomic E-state index is 15.3. The van der Waals surface area contributed by atoms with Crippen LogP contribution < -0.4 is 9.47 Å². The first-order valence-corrected chi connectivity index (χ1v) is 11.0. The van der Waals surface area contributed by atoms with Crippen molar-refractivity contribution in [2.45, 2.75) is 38.5 Å². The summed E-state index contributed by atoms with van der Waals surface area (Å²) in [4.78, 5) is 12.5. The van der Waals surface area contributed by atoms with Crippen molar-refractivity contribution in [3.63, 3.8) is 0 Å². The van der Waals surface area contributed by atoms with Gasteiger partial charge in [0, 0.05) is 0 Å². The predicted octanol–water partition coefficient (Wildman–Crippen LogP) is 7.54. The van der Waals surface area contributed by atoms with Crippen LogP contribution in [0.3, 0.4) is 0 Å². The molecule has 10 heteroatoms. The average molecular weight is 512 g/mol. The molecule has 0 spiro atoms. The minimum absolute atomic E-state index is 0.115. The number of fused-ring (bicyclic) bond motifs is 3. The van der Waals surface area contributed by atoms with Crippen LogP contribution in [0.25, 0.3) is 11.1 Å². The lowest BCUT2D eigenvalue weighted by Gasteiger charge is -2.35. The van der Waals surface area contributed by atoms with Gasteiger partial charge >= 0.3 is 17.8 Å². The van der Waals surface area contributed by atoms with Crippen molar-refractivity contribution in [1.82, 2.24) is 0 Å². The van der Waals surface area contributed by atoms with E-state index in [0.717, 1.165) is 42.8 Å². The molecule has 0 heterocycles. The van der Waals surface area contributed by atoms with Crippen LogP contribution in [0.4, 0.5) is 30.7 Å². The number of ether oxygens (including phenoxy) is 2. The number of esters is 1. The Kier molecular flexibility index (Phi) is 6.49. The number of hydrogen-bond acceptors (Lipinski definition) is 3. The normalized spacial score (nSPS) is 15.1. The quantitative estimate of drug-likeness (QED) is 0.195. The first-order chi connectivity index (χ1) is 16.9. The lowest BCUT2D eigenvalue weighted by atomic mass is 9.79. The second kappa shape index (κ2) is 9.15. The third-order valence-corrected chi connectivity index (χ3v) is 5.82. The van der Waals surface area contributed by atoms with Gasteiger partial charge < -0.3 is 9.47 Å². The van der Waals surface area contributed by atoms with Gasteiger partial charge in [-0.2, -0.15) is 17.6 Å². The molecule has 0 N–H and O–H groups in total. The molecule has 0 unspecified atom stereocenters. The van der Waals surface area contributed by atoms with Crippen LogP contribution in [0.1, 0.15) is 47.3 Å². The van der Waals surface area contributed by atoms with E-state index in [1.54, 1.807) is 0 Å². The fourth-order valence-corrected chi connectivity index (χ4v) is 4.16. The van der Waals surface area contributed by atoms with Crippen molar-refractivity contribution < 1.29 is 45.0 Å². The minimum Gasteiger partial charge on any atom is -0.491 e. The smallest absolute Gasteiger partial charge is 0.346 e. The molecule has 0 bridgehead atoms. The van der Waals surface area contributed by atoms with E-state index in [0.29, 0.717) is 12.0 Å². The lowest BCUT2D eigenvalue weighted by Crippen LogP contribution is -2.41. The number of carbonyl (C=O) groups excluding carboxylic acids is 1. The fourth-order valence-electron chi connectivity index (χ4n) is 4.16. The van der Waals surface area contributed by atoms with Crippen LogP contribution in [0.15, 0.2) is 42.5 Å². The molecule has 3 aromatic carbocycles. The highest BCUT2D eigenvalue weighted by Gasteiger charge is 2.65. The SMILES string of the molecule is CCCc1ccc(OC(=O)c2ccc3c(c2F)C(F)(F)C(F)(F)c2c-3ccc(OCC)c2F)c(F)c1. The molecule has 0 aliphatic heterocycles. The summed E-state index contributed by atoms with van der Waals surface area (Å²) < 4.78 is 114. The van der Waals surface area contributed by atoms with Gasteiger partial charge in [-0.1, -0.05) is 25.5 Å². The van der Waals surface area contributed by atoms with Crippen molar-refractivity contribution in [3.8, 4) is 22.6 Å². The molecule has 1 aliphatic carbocycles. The molecule has 3 aromatic rings. The summed E-state index contributed by atoms with van der Waals surface area (Å²) in [5.74, 6) is -17.9. The second-order valence-corrected chi connectivity index (χ2v) is 8.14. The second-order valence-electron chi connectivity index (χ2n) is 8.14. The van der Waals surface area contributed by atoms with Gasteiger partial charge in [0.1, 0.15) is 5.82 Å². The zero-order chi connectivity index (χ0) is 26.4. The van der Waals surface area contributed by atoms with Crippen molar-refractivity contribution in [2.75, 3.05) is 6.61 Å². The first kappa shape index (κ1) is 25.5. The van der Waals surface area contributed by atoms with Crippen molar-refractivity contribution in [2.24, 2.45) is 0 Å². The van der Waals surface area contributed by atoms with Crippen molar-refractivity contribution in [3.05, 3.63) is 82.2 Å². The first-order valence-electron chi connectivity index (χ1n) is 11.0. The third-order valence-electron chi connectivity index (χ3n) is 5.82. The topological polar surface area (TPSA) is 35.5 Å². The van der Waals surface area contributed by atoms with Crippen molar-refractivity contribution in [1.29, 1.82) is 0 Å². The Hall–Kier alpha value is -3.56. The van der Waals surface area contributed by atoms with Gasteiger partial charge in [-0.05, 0) is 60.4 Å². The monoisotopic (exact) mass is 512 g/mol. The minimum atomic E-state index is -5.24. The number of alkyl halides is 4. The summed E-state index contributed by atoms with van der Waals surface area (Å²) in [6, 6.07) is 7.09. The fraction of sp³-hybridized carbons (Fsp3) is 0.269. The molecule has 0 amide bonds. The van der Waals surface area contributed by atoms with Gasteiger partial charge in [0.25, 0.3) is 0 Å². The summed E-state index contributed by atoms with van der Waals surface area (Å²) in [6.45, 7) is 3.20. The van der Waals surface area contributed by atoms with E-state index >= 15 is 13.2 Å². The number of halogens is 7. The largest absolute Gasteiger partial charge is 0.491 e. The predicted molar refractivity (Wildman–Crippen MR) is 116 cm³/mol. The van der Waals surface area contributed by atoms with Gasteiger partial charge in [0.15, 0.2) is 23.1 Å². The summed E-state index contributed by atoms with van der Waals surface area (Å²) >= 11 is 0. The highest BCUT2D eigenvalue weighted by Crippen LogP contribution is 2.60. The zero-order valence-electron chi connectivity index (χ0n) is 19.0. The zero-order valence-corrected chi connectivity index (χ0v) is 19.0. The van der Waals surface area contributed by atoms with E-state index in [-0.39, 0.29) is 6.61 Å². The van der Waals surface area contributed by atoms with Gasteiger partial charge in [-0.15, -0.1) is 0 Å². The molecule has 3 nitrogen and oxygen atoms in total.